The van der Waals surface area contributed by atoms with Gasteiger partial charge in [0.1, 0.15) is 0 Å². The van der Waals surface area contributed by atoms with E-state index in [0.29, 0.717) is 25.6 Å². The molecule has 1 atom stereocenters. The number of urea groups is 1. The Hall–Kier alpha value is -2.04. The smallest absolute Gasteiger partial charge is 0.315 e. The van der Waals surface area contributed by atoms with Gasteiger partial charge in [-0.25, -0.2) is 4.79 Å². The van der Waals surface area contributed by atoms with E-state index in [2.05, 4.69) is 22.8 Å². The molecular formula is C18H23N3O2. The van der Waals surface area contributed by atoms with E-state index < -0.39 is 0 Å². The minimum Gasteiger partial charge on any atom is -0.338 e. The van der Waals surface area contributed by atoms with Gasteiger partial charge in [0.15, 0.2) is 0 Å². The summed E-state index contributed by atoms with van der Waals surface area (Å²) in [4.78, 5) is 26.0. The van der Waals surface area contributed by atoms with E-state index in [0.717, 1.165) is 25.7 Å². The SMILES string of the molecule is O=C(NCC1(c2ccccc2)CC1)N[C@@H]1CC(=O)N(C2CC2)C1. The van der Waals surface area contributed by atoms with E-state index in [1.165, 1.54) is 5.56 Å². The fourth-order valence-electron chi connectivity index (χ4n) is 3.56. The van der Waals surface area contributed by atoms with Gasteiger partial charge in [-0.2, -0.15) is 0 Å². The Morgan fingerprint density at radius 1 is 1.22 bits per heavy atom. The Labute approximate surface area is 136 Å². The molecule has 2 saturated carbocycles. The standard InChI is InChI=1S/C18H23N3O2/c22-16-10-14(11-21(16)15-6-7-15)20-17(23)19-12-18(8-9-18)13-4-2-1-3-5-13/h1-5,14-15H,6-12H2,(H2,19,20,23)/t14-/m1/s1. The molecule has 0 radical (unpaired) electrons. The number of rotatable bonds is 5. The van der Waals surface area contributed by atoms with Gasteiger partial charge >= 0.3 is 6.03 Å². The van der Waals surface area contributed by atoms with Crippen LogP contribution in [0, 0.1) is 0 Å². The summed E-state index contributed by atoms with van der Waals surface area (Å²) in [6.45, 7) is 1.33. The molecule has 0 unspecified atom stereocenters. The molecule has 122 valence electrons. The molecule has 3 fully saturated rings. The van der Waals surface area contributed by atoms with Crippen molar-refractivity contribution in [3.05, 3.63) is 35.9 Å². The molecular weight excluding hydrogens is 290 g/mol. The van der Waals surface area contributed by atoms with Crippen LogP contribution in [0.5, 0.6) is 0 Å². The number of carbonyl (C=O) groups is 2. The zero-order chi connectivity index (χ0) is 15.9. The number of amides is 3. The van der Waals surface area contributed by atoms with E-state index in [4.69, 9.17) is 0 Å². The van der Waals surface area contributed by atoms with Gasteiger partial charge in [0, 0.05) is 31.0 Å². The molecule has 1 saturated heterocycles. The lowest BCUT2D eigenvalue weighted by molar-refractivity contribution is -0.128. The van der Waals surface area contributed by atoms with Crippen molar-refractivity contribution in [2.75, 3.05) is 13.1 Å². The van der Waals surface area contributed by atoms with Gasteiger partial charge in [0.05, 0.1) is 6.04 Å². The zero-order valence-electron chi connectivity index (χ0n) is 13.3. The second-order valence-electron chi connectivity index (χ2n) is 7.15. The number of carbonyl (C=O) groups excluding carboxylic acids is 2. The van der Waals surface area contributed by atoms with Crippen molar-refractivity contribution in [2.45, 2.75) is 49.6 Å². The van der Waals surface area contributed by atoms with Crippen molar-refractivity contribution < 1.29 is 9.59 Å². The van der Waals surface area contributed by atoms with Crippen molar-refractivity contribution in [2.24, 2.45) is 0 Å². The van der Waals surface area contributed by atoms with Crippen LogP contribution in [-0.2, 0) is 10.2 Å². The van der Waals surface area contributed by atoms with Crippen molar-refractivity contribution >= 4 is 11.9 Å². The molecule has 2 aliphatic carbocycles. The maximum Gasteiger partial charge on any atom is 0.315 e. The van der Waals surface area contributed by atoms with E-state index in [1.54, 1.807) is 0 Å². The molecule has 0 aromatic heterocycles. The predicted molar refractivity (Wildman–Crippen MR) is 87.0 cm³/mol. The minimum absolute atomic E-state index is 0.0463. The third-order valence-electron chi connectivity index (χ3n) is 5.31. The number of hydrogen-bond donors (Lipinski definition) is 2. The van der Waals surface area contributed by atoms with Gasteiger partial charge in [-0.15, -0.1) is 0 Å². The van der Waals surface area contributed by atoms with Crippen molar-refractivity contribution in [3.8, 4) is 0 Å². The number of hydrogen-bond acceptors (Lipinski definition) is 2. The monoisotopic (exact) mass is 313 g/mol. The van der Waals surface area contributed by atoms with Crippen LogP contribution in [0.1, 0.15) is 37.7 Å². The first kappa shape index (κ1) is 14.5. The van der Waals surface area contributed by atoms with Crippen LogP contribution < -0.4 is 10.6 Å². The first-order valence-electron chi connectivity index (χ1n) is 8.56. The third kappa shape index (κ3) is 3.05. The Kier molecular flexibility index (Phi) is 3.51. The molecule has 3 aliphatic rings. The van der Waals surface area contributed by atoms with Gasteiger partial charge in [-0.1, -0.05) is 30.3 Å². The van der Waals surface area contributed by atoms with Crippen LogP contribution in [0.2, 0.25) is 0 Å². The predicted octanol–water partition coefficient (Wildman–Crippen LogP) is 1.78. The highest BCUT2D eigenvalue weighted by Crippen LogP contribution is 2.47. The van der Waals surface area contributed by atoms with Gasteiger partial charge in [-0.3, -0.25) is 4.79 Å². The largest absolute Gasteiger partial charge is 0.338 e. The maximum absolute atomic E-state index is 12.2. The van der Waals surface area contributed by atoms with Crippen LogP contribution in [-0.4, -0.2) is 42.0 Å². The summed E-state index contributed by atoms with van der Waals surface area (Å²) in [7, 11) is 0. The molecule has 3 amide bonds. The molecule has 2 N–H and O–H groups in total. The Bertz CT molecular complexity index is 608. The highest BCUT2D eigenvalue weighted by molar-refractivity contribution is 5.82. The number of benzene rings is 1. The van der Waals surface area contributed by atoms with Crippen LogP contribution >= 0.6 is 0 Å². The first-order chi connectivity index (χ1) is 11.2. The van der Waals surface area contributed by atoms with Crippen LogP contribution in [0.25, 0.3) is 0 Å². The number of nitrogens with zero attached hydrogens (tertiary/aromatic N) is 1. The number of likely N-dealkylation sites (tertiary alicyclic amines) is 1. The zero-order valence-corrected chi connectivity index (χ0v) is 13.3. The molecule has 1 aromatic carbocycles. The average Bonchev–Trinajstić information content (AvgIpc) is 3.47. The first-order valence-corrected chi connectivity index (χ1v) is 8.56. The maximum atomic E-state index is 12.2. The summed E-state index contributed by atoms with van der Waals surface area (Å²) in [6.07, 6.45) is 4.91. The normalized spacial score (nSPS) is 25.3. The lowest BCUT2D eigenvalue weighted by atomic mass is 9.96. The highest BCUT2D eigenvalue weighted by Gasteiger charge is 2.44. The van der Waals surface area contributed by atoms with Gasteiger partial charge in [0.25, 0.3) is 0 Å². The molecule has 5 heteroatoms. The fraction of sp³-hybridized carbons (Fsp3) is 0.556. The second kappa shape index (κ2) is 5.55. The van der Waals surface area contributed by atoms with E-state index in [9.17, 15) is 9.59 Å². The molecule has 1 heterocycles. The summed E-state index contributed by atoms with van der Waals surface area (Å²) in [6, 6.07) is 10.6. The summed E-state index contributed by atoms with van der Waals surface area (Å²) >= 11 is 0. The second-order valence-corrected chi connectivity index (χ2v) is 7.15. The van der Waals surface area contributed by atoms with Gasteiger partial charge < -0.3 is 15.5 Å². The van der Waals surface area contributed by atoms with Crippen LogP contribution in [0.3, 0.4) is 0 Å². The minimum atomic E-state index is -0.150. The van der Waals surface area contributed by atoms with Gasteiger partial charge in [0.2, 0.25) is 5.91 Å². The molecule has 4 rings (SSSR count). The molecule has 1 aromatic rings. The molecule has 0 bridgehead atoms. The summed E-state index contributed by atoms with van der Waals surface area (Å²) < 4.78 is 0. The number of nitrogens with one attached hydrogen (secondary N) is 2. The highest BCUT2D eigenvalue weighted by atomic mass is 16.2. The molecule has 1 aliphatic heterocycles. The summed E-state index contributed by atoms with van der Waals surface area (Å²) in [5, 5.41) is 5.97. The molecule has 23 heavy (non-hydrogen) atoms. The Balaban J connectivity index is 1.27. The third-order valence-corrected chi connectivity index (χ3v) is 5.31. The Morgan fingerprint density at radius 3 is 2.61 bits per heavy atom. The van der Waals surface area contributed by atoms with Crippen molar-refractivity contribution in [3.63, 3.8) is 0 Å². The topological polar surface area (TPSA) is 61.4 Å². The quantitative estimate of drug-likeness (QED) is 0.870. The average molecular weight is 313 g/mol. The fourth-order valence-corrected chi connectivity index (χ4v) is 3.56. The molecule has 5 nitrogen and oxygen atoms in total. The van der Waals surface area contributed by atoms with Gasteiger partial charge in [-0.05, 0) is 31.2 Å². The Morgan fingerprint density at radius 2 is 1.96 bits per heavy atom. The van der Waals surface area contributed by atoms with E-state index in [1.807, 2.05) is 23.1 Å². The van der Waals surface area contributed by atoms with Crippen molar-refractivity contribution in [1.29, 1.82) is 0 Å². The molecule has 0 spiro atoms. The summed E-state index contributed by atoms with van der Waals surface area (Å²) in [5.74, 6) is 0.181. The van der Waals surface area contributed by atoms with E-state index >= 15 is 0 Å². The van der Waals surface area contributed by atoms with Crippen LogP contribution in [0.15, 0.2) is 30.3 Å². The lowest BCUT2D eigenvalue weighted by Crippen LogP contribution is -2.45. The summed E-state index contributed by atoms with van der Waals surface area (Å²) in [5.41, 5.74) is 1.42. The van der Waals surface area contributed by atoms with Crippen molar-refractivity contribution in [1.82, 2.24) is 15.5 Å². The van der Waals surface area contributed by atoms with E-state index in [-0.39, 0.29) is 23.4 Å². The van der Waals surface area contributed by atoms with Crippen LogP contribution in [0.4, 0.5) is 4.79 Å². The lowest BCUT2D eigenvalue weighted by Gasteiger charge is -2.19.